The number of hydrogen-bond acceptors (Lipinski definition) is 7. The van der Waals surface area contributed by atoms with E-state index in [1.54, 1.807) is 12.4 Å². The number of pyridine rings is 2. The number of carboxylic acids is 2. The molecule has 0 atom stereocenters. The zero-order valence-corrected chi connectivity index (χ0v) is 13.9. The molecule has 0 amide bonds. The van der Waals surface area contributed by atoms with Gasteiger partial charge in [0, 0.05) is 36.3 Å². The van der Waals surface area contributed by atoms with Crippen LogP contribution in [0.4, 0.5) is 0 Å². The van der Waals surface area contributed by atoms with Gasteiger partial charge in [-0.2, -0.15) is 0 Å². The molecule has 0 spiro atoms. The zero-order valence-electron chi connectivity index (χ0n) is 12.9. The number of rotatable bonds is 4. The van der Waals surface area contributed by atoms with Gasteiger partial charge in [-0.15, -0.1) is 0 Å². The molecule has 25 heavy (non-hydrogen) atoms. The fourth-order valence-electron chi connectivity index (χ4n) is 1.95. The second kappa shape index (κ2) is 11.0. The fraction of sp³-hybridized carbons (Fsp3) is 0.125. The summed E-state index contributed by atoms with van der Waals surface area (Å²) in [4.78, 5) is 27.9. The predicted molar refractivity (Wildman–Crippen MR) is 83.5 cm³/mol. The average Bonchev–Trinajstić information content (AvgIpc) is 2.55. The molecule has 3 N–H and O–H groups in total. The summed E-state index contributed by atoms with van der Waals surface area (Å²) in [6, 6.07) is 12.1. The normalized spacial score (nSPS) is 9.28. The largest absolute Gasteiger partial charge is 2.00 e. The second-order valence-electron chi connectivity index (χ2n) is 4.56. The maximum absolute atomic E-state index is 9.59. The van der Waals surface area contributed by atoms with Crippen LogP contribution < -0.4 is 15.5 Å². The zero-order chi connectivity index (χ0) is 16.7. The first-order valence-electron chi connectivity index (χ1n) is 6.77. The van der Waals surface area contributed by atoms with E-state index in [0.717, 1.165) is 21.8 Å². The van der Waals surface area contributed by atoms with Crippen LogP contribution in [0, 0.1) is 0 Å². The van der Waals surface area contributed by atoms with Crippen molar-refractivity contribution >= 4 is 33.7 Å². The summed E-state index contributed by atoms with van der Waals surface area (Å²) in [7, 11) is 0. The Hall–Kier alpha value is -2.59. The number of aliphatic carboxylic acids is 2. The van der Waals surface area contributed by atoms with Crippen molar-refractivity contribution in [1.29, 1.82) is 0 Å². The first-order valence-corrected chi connectivity index (χ1v) is 6.77. The SMILES string of the molecule is O.O=C([O-])CNCC(=O)[O-].[Co+2].c1cnc2c(c1)ccc1cccnc12. The summed E-state index contributed by atoms with van der Waals surface area (Å²) < 4.78 is 0. The van der Waals surface area contributed by atoms with Gasteiger partial charge < -0.3 is 30.6 Å². The van der Waals surface area contributed by atoms with Gasteiger partial charge in [-0.1, -0.05) is 24.3 Å². The monoisotopic (exact) mass is 388 g/mol. The van der Waals surface area contributed by atoms with Crippen molar-refractivity contribution in [3.05, 3.63) is 48.8 Å². The van der Waals surface area contributed by atoms with Crippen LogP contribution in [-0.2, 0) is 26.4 Å². The van der Waals surface area contributed by atoms with Crippen LogP contribution in [0.2, 0.25) is 0 Å². The Kier molecular flexibility index (Phi) is 9.90. The van der Waals surface area contributed by atoms with Gasteiger partial charge in [0.1, 0.15) is 0 Å². The standard InChI is InChI=1S/C12H8N2.C4H7NO4.Co.H2O/c1-3-9-5-6-10-4-2-8-14-12(10)11(9)13-7-1;6-3(7)1-5-2-4(8)9;;/h1-8H;5H,1-2H2,(H,6,7)(H,8,9);;1H2/q;;+2;/p-2. The van der Waals surface area contributed by atoms with Crippen molar-refractivity contribution in [2.24, 2.45) is 0 Å². The number of carbonyl (C=O) groups excluding carboxylic acids is 2. The van der Waals surface area contributed by atoms with Gasteiger partial charge in [0.05, 0.1) is 23.0 Å². The second-order valence-corrected chi connectivity index (χ2v) is 4.56. The molecule has 0 unspecified atom stereocenters. The molecule has 1 aromatic carbocycles. The van der Waals surface area contributed by atoms with Gasteiger partial charge in [-0.05, 0) is 12.1 Å². The number of carbonyl (C=O) groups is 2. The molecule has 133 valence electrons. The van der Waals surface area contributed by atoms with E-state index in [-0.39, 0.29) is 22.3 Å². The van der Waals surface area contributed by atoms with Crippen molar-refractivity contribution in [3.63, 3.8) is 0 Å². The third-order valence-electron chi connectivity index (χ3n) is 2.88. The van der Waals surface area contributed by atoms with Crippen LogP contribution in [0.1, 0.15) is 0 Å². The maximum atomic E-state index is 9.59. The quantitative estimate of drug-likeness (QED) is 0.510. The van der Waals surface area contributed by atoms with Gasteiger partial charge in [0.2, 0.25) is 0 Å². The number of nitrogens with one attached hydrogen (secondary N) is 1. The fourth-order valence-corrected chi connectivity index (χ4v) is 1.95. The van der Waals surface area contributed by atoms with Gasteiger partial charge in [0.15, 0.2) is 0 Å². The number of nitrogens with zero attached hydrogens (tertiary/aromatic N) is 2. The Morgan fingerprint density at radius 1 is 0.840 bits per heavy atom. The minimum absolute atomic E-state index is 0. The van der Waals surface area contributed by atoms with Crippen molar-refractivity contribution < 1.29 is 42.1 Å². The first kappa shape index (κ1) is 22.4. The molecule has 1 radical (unpaired) electrons. The molecule has 0 aliphatic heterocycles. The Balaban J connectivity index is 0.000000469. The Morgan fingerprint density at radius 2 is 1.24 bits per heavy atom. The predicted octanol–water partition coefficient (Wildman–Crippen LogP) is -1.97. The molecule has 0 bridgehead atoms. The Bertz CT molecular complexity index is 775. The Morgan fingerprint density at radius 3 is 1.60 bits per heavy atom. The molecular weight excluding hydrogens is 373 g/mol. The van der Waals surface area contributed by atoms with Crippen LogP contribution in [-0.4, -0.2) is 40.5 Å². The van der Waals surface area contributed by atoms with E-state index in [1.807, 2.05) is 12.1 Å². The summed E-state index contributed by atoms with van der Waals surface area (Å²) in [5.41, 5.74) is 1.95. The summed E-state index contributed by atoms with van der Waals surface area (Å²) >= 11 is 0. The number of benzene rings is 1. The minimum Gasteiger partial charge on any atom is -0.549 e. The van der Waals surface area contributed by atoms with Gasteiger partial charge in [-0.25, -0.2) is 0 Å². The topological polar surface area (TPSA) is 150 Å². The van der Waals surface area contributed by atoms with E-state index >= 15 is 0 Å². The van der Waals surface area contributed by atoms with E-state index in [1.165, 1.54) is 0 Å². The molecule has 3 aromatic rings. The van der Waals surface area contributed by atoms with E-state index in [4.69, 9.17) is 0 Å². The van der Waals surface area contributed by atoms with Crippen molar-refractivity contribution in [1.82, 2.24) is 15.3 Å². The smallest absolute Gasteiger partial charge is 0.549 e. The molecule has 9 heteroatoms. The molecule has 0 aliphatic rings. The van der Waals surface area contributed by atoms with Gasteiger partial charge in [-0.3, -0.25) is 9.97 Å². The van der Waals surface area contributed by atoms with Crippen molar-refractivity contribution in [2.45, 2.75) is 0 Å². The van der Waals surface area contributed by atoms with E-state index in [0.29, 0.717) is 0 Å². The minimum atomic E-state index is -1.34. The summed E-state index contributed by atoms with van der Waals surface area (Å²) in [5.74, 6) is -2.67. The van der Waals surface area contributed by atoms with Crippen LogP contribution in [0.25, 0.3) is 21.8 Å². The van der Waals surface area contributed by atoms with E-state index < -0.39 is 25.0 Å². The number of hydrogen-bond donors (Lipinski definition) is 1. The summed E-state index contributed by atoms with van der Waals surface area (Å²) in [6.45, 7) is -0.929. The van der Waals surface area contributed by atoms with Gasteiger partial charge >= 0.3 is 16.8 Å². The van der Waals surface area contributed by atoms with Crippen molar-refractivity contribution in [2.75, 3.05) is 13.1 Å². The van der Waals surface area contributed by atoms with E-state index in [9.17, 15) is 19.8 Å². The third kappa shape index (κ3) is 6.81. The summed E-state index contributed by atoms with van der Waals surface area (Å²) in [6.07, 6.45) is 3.60. The molecule has 0 saturated heterocycles. The molecule has 2 heterocycles. The number of carboxylic acid groups (broad SMARTS) is 2. The molecule has 0 saturated carbocycles. The Labute approximate surface area is 153 Å². The molecular formula is C16H15CoN3O5. The number of fused-ring (bicyclic) bond motifs is 3. The van der Waals surface area contributed by atoms with Crippen LogP contribution >= 0.6 is 0 Å². The summed E-state index contributed by atoms with van der Waals surface area (Å²) in [5, 5.41) is 23.5. The van der Waals surface area contributed by atoms with Crippen molar-refractivity contribution in [3.8, 4) is 0 Å². The molecule has 0 aliphatic carbocycles. The van der Waals surface area contributed by atoms with Gasteiger partial charge in [0.25, 0.3) is 0 Å². The molecule has 8 nitrogen and oxygen atoms in total. The average molecular weight is 388 g/mol. The molecule has 0 fully saturated rings. The number of aromatic nitrogens is 2. The van der Waals surface area contributed by atoms with E-state index in [2.05, 4.69) is 39.6 Å². The van der Waals surface area contributed by atoms with Crippen LogP contribution in [0.15, 0.2) is 48.8 Å². The first-order chi connectivity index (χ1) is 11.1. The van der Waals surface area contributed by atoms with Crippen LogP contribution in [0.5, 0.6) is 0 Å². The molecule has 3 rings (SSSR count). The maximum Gasteiger partial charge on any atom is 2.00 e. The molecule has 2 aromatic heterocycles. The third-order valence-corrected chi connectivity index (χ3v) is 2.88. The van der Waals surface area contributed by atoms with Crippen LogP contribution in [0.3, 0.4) is 0 Å².